The highest BCUT2D eigenvalue weighted by molar-refractivity contribution is 8.24. The third kappa shape index (κ3) is 14.7. The van der Waals surface area contributed by atoms with Crippen LogP contribution < -0.4 is 0 Å². The van der Waals surface area contributed by atoms with E-state index in [1.54, 1.807) is 25.7 Å². The zero-order valence-electron chi connectivity index (χ0n) is 27.9. The maximum atomic E-state index is 13.7. The van der Waals surface area contributed by atoms with Crippen LogP contribution in [0.3, 0.4) is 0 Å². The Labute approximate surface area is 281 Å². The van der Waals surface area contributed by atoms with Crippen LogP contribution in [0, 0.1) is 12.0 Å². The Bertz CT molecular complexity index is 1120. The molecule has 250 valence electrons. The Hall–Kier alpha value is -2.44. The molecule has 0 aromatic heterocycles. The van der Waals surface area contributed by atoms with E-state index in [-0.39, 0.29) is 25.4 Å². The van der Waals surface area contributed by atoms with Gasteiger partial charge in [0, 0.05) is 33.2 Å². The van der Waals surface area contributed by atoms with Gasteiger partial charge in [-0.25, -0.2) is 6.57 Å². The van der Waals surface area contributed by atoms with E-state index in [1.807, 2.05) is 30.3 Å². The largest absolute Gasteiger partial charge is 0.465 e. The van der Waals surface area contributed by atoms with Crippen LogP contribution in [0.2, 0.25) is 0 Å². The van der Waals surface area contributed by atoms with Crippen molar-refractivity contribution in [2.75, 3.05) is 26.3 Å². The van der Waals surface area contributed by atoms with Crippen LogP contribution in [-0.4, -0.2) is 64.0 Å². The molecule has 1 fully saturated rings. The van der Waals surface area contributed by atoms with E-state index in [9.17, 15) is 14.4 Å². The second-order valence-corrected chi connectivity index (χ2v) is 15.0. The van der Waals surface area contributed by atoms with Crippen LogP contribution in [0.15, 0.2) is 30.3 Å². The summed E-state index contributed by atoms with van der Waals surface area (Å²) in [6.07, 6.45) is 13.5. The first-order chi connectivity index (χ1) is 21.5. The summed E-state index contributed by atoms with van der Waals surface area (Å²) in [5, 5.41) is -0.750. The molecule has 1 amide bonds. The number of hydrogen-bond acceptors (Lipinski definition) is 7. The van der Waals surface area contributed by atoms with Crippen molar-refractivity contribution in [1.29, 1.82) is 0 Å². The van der Waals surface area contributed by atoms with Crippen LogP contribution >= 0.6 is 24.0 Å². The number of carbonyl (C=O) groups is 3. The molecule has 2 atom stereocenters. The second-order valence-electron chi connectivity index (χ2n) is 13.1. The van der Waals surface area contributed by atoms with E-state index >= 15 is 0 Å². The molecule has 1 heterocycles. The van der Waals surface area contributed by atoms with Crippen molar-refractivity contribution in [3.63, 3.8) is 0 Å². The molecule has 0 aliphatic carbocycles. The predicted molar refractivity (Wildman–Crippen MR) is 187 cm³/mol. The SMILES string of the molecule is [C-]#[N+]C(C)(C)CC(C)(CC(SC(=S)c1ccccc1)C(=O)OCCCCCCCCCCCC)C(=O)OCCN1CCCC1=O. The van der Waals surface area contributed by atoms with Gasteiger partial charge in [0.15, 0.2) is 0 Å². The Balaban J connectivity index is 2.06. The Morgan fingerprint density at radius 2 is 1.60 bits per heavy atom. The normalized spacial score (nSPS) is 15.3. The summed E-state index contributed by atoms with van der Waals surface area (Å²) in [6.45, 7) is 16.7. The molecule has 0 bridgehead atoms. The molecule has 2 unspecified atom stereocenters. The summed E-state index contributed by atoms with van der Waals surface area (Å²) < 4.78 is 12.0. The molecule has 7 nitrogen and oxygen atoms in total. The molecule has 1 saturated heterocycles. The number of carbonyl (C=O) groups excluding carboxylic acids is 3. The van der Waals surface area contributed by atoms with E-state index in [0.717, 1.165) is 31.2 Å². The summed E-state index contributed by atoms with van der Waals surface area (Å²) in [4.78, 5) is 44.7. The zero-order chi connectivity index (χ0) is 33.1. The highest BCUT2D eigenvalue weighted by atomic mass is 32.2. The Morgan fingerprint density at radius 3 is 2.18 bits per heavy atom. The van der Waals surface area contributed by atoms with E-state index in [2.05, 4.69) is 11.8 Å². The molecular formula is C36H54N2O5S2. The maximum Gasteiger partial charge on any atom is 0.319 e. The second kappa shape index (κ2) is 20.6. The van der Waals surface area contributed by atoms with Crippen LogP contribution in [0.5, 0.6) is 0 Å². The van der Waals surface area contributed by atoms with E-state index in [1.165, 1.54) is 56.7 Å². The van der Waals surface area contributed by atoms with Gasteiger partial charge < -0.3 is 19.2 Å². The van der Waals surface area contributed by atoms with Crippen molar-refractivity contribution in [2.24, 2.45) is 5.41 Å². The lowest BCUT2D eigenvalue weighted by Crippen LogP contribution is -2.41. The van der Waals surface area contributed by atoms with Crippen molar-refractivity contribution in [3.05, 3.63) is 47.3 Å². The number of likely N-dealkylation sites (tertiary alicyclic amines) is 1. The monoisotopic (exact) mass is 658 g/mol. The molecule has 0 spiro atoms. The predicted octanol–water partition coefficient (Wildman–Crippen LogP) is 8.58. The lowest BCUT2D eigenvalue weighted by Gasteiger charge is -2.32. The number of hydrogen-bond donors (Lipinski definition) is 0. The number of unbranched alkanes of at least 4 members (excludes halogenated alkanes) is 9. The van der Waals surface area contributed by atoms with Gasteiger partial charge in [0.05, 0.1) is 22.8 Å². The first-order valence-corrected chi connectivity index (χ1v) is 18.1. The Kier molecular flexibility index (Phi) is 17.8. The quantitative estimate of drug-likeness (QED) is 0.0535. The van der Waals surface area contributed by atoms with Gasteiger partial charge in [-0.2, -0.15) is 0 Å². The van der Waals surface area contributed by atoms with Crippen LogP contribution in [0.25, 0.3) is 4.85 Å². The minimum atomic E-state index is -1.15. The topological polar surface area (TPSA) is 77.3 Å². The van der Waals surface area contributed by atoms with Gasteiger partial charge in [0.25, 0.3) is 0 Å². The van der Waals surface area contributed by atoms with Crippen LogP contribution in [-0.2, 0) is 23.9 Å². The first kappa shape index (κ1) is 38.7. The summed E-state index contributed by atoms with van der Waals surface area (Å²) in [5.74, 6) is -0.819. The third-order valence-electron chi connectivity index (χ3n) is 8.28. The minimum absolute atomic E-state index is 0.0685. The van der Waals surface area contributed by atoms with Crippen molar-refractivity contribution in [3.8, 4) is 0 Å². The molecule has 1 aromatic rings. The standard InChI is InChI=1S/C36H54N2O5S2/c1-6-7-8-9-10-11-12-13-14-18-25-42-32(40)30(45-33(44)29-20-16-15-17-21-29)27-36(4,28-35(2,3)37-5)34(41)43-26-24-38-23-19-22-31(38)39/h15-17,20-21,30H,6-14,18-19,22-28H2,1-4H3. The lowest BCUT2D eigenvalue weighted by atomic mass is 9.75. The summed E-state index contributed by atoms with van der Waals surface area (Å²) in [6, 6.07) is 9.49. The molecule has 0 radical (unpaired) electrons. The molecular weight excluding hydrogens is 605 g/mol. The molecule has 0 N–H and O–H groups in total. The van der Waals surface area contributed by atoms with Crippen molar-refractivity contribution >= 4 is 46.0 Å². The van der Waals surface area contributed by atoms with Gasteiger partial charge >= 0.3 is 11.9 Å². The Morgan fingerprint density at radius 1 is 0.978 bits per heavy atom. The number of thiocarbonyl (C=S) groups is 1. The smallest absolute Gasteiger partial charge is 0.319 e. The fourth-order valence-corrected chi connectivity index (χ4v) is 7.42. The average Bonchev–Trinajstić information content (AvgIpc) is 3.43. The fourth-order valence-electron chi connectivity index (χ4n) is 5.79. The highest BCUT2D eigenvalue weighted by Crippen LogP contribution is 2.40. The van der Waals surface area contributed by atoms with Gasteiger partial charge in [0.2, 0.25) is 11.4 Å². The molecule has 1 aromatic carbocycles. The molecule has 1 aliphatic heterocycles. The molecule has 45 heavy (non-hydrogen) atoms. The molecule has 0 saturated carbocycles. The lowest BCUT2D eigenvalue weighted by molar-refractivity contribution is -0.158. The zero-order valence-corrected chi connectivity index (χ0v) is 29.6. The molecule has 2 rings (SSSR count). The van der Waals surface area contributed by atoms with Gasteiger partial charge in [0.1, 0.15) is 11.9 Å². The van der Waals surface area contributed by atoms with Crippen LogP contribution in [0.4, 0.5) is 0 Å². The third-order valence-corrected chi connectivity index (χ3v) is 9.90. The van der Waals surface area contributed by atoms with Crippen molar-refractivity contribution < 1.29 is 23.9 Å². The number of nitrogens with zero attached hydrogens (tertiary/aromatic N) is 2. The number of thioether (sulfide) groups is 1. The first-order valence-electron chi connectivity index (χ1n) is 16.8. The van der Waals surface area contributed by atoms with Gasteiger partial charge in [-0.1, -0.05) is 119 Å². The summed E-state index contributed by atoms with van der Waals surface area (Å²) in [7, 11) is 0. The van der Waals surface area contributed by atoms with Gasteiger partial charge in [-0.3, -0.25) is 14.4 Å². The number of ether oxygens (including phenoxy) is 2. The van der Waals surface area contributed by atoms with E-state index < -0.39 is 28.1 Å². The fraction of sp³-hybridized carbons (Fsp3) is 0.694. The number of rotatable bonds is 22. The van der Waals surface area contributed by atoms with E-state index in [0.29, 0.717) is 30.3 Å². The maximum absolute atomic E-state index is 13.7. The average molecular weight is 659 g/mol. The van der Waals surface area contributed by atoms with Gasteiger partial charge in [-0.05, 0) is 31.7 Å². The molecule has 1 aliphatic rings. The van der Waals surface area contributed by atoms with Crippen LogP contribution in [0.1, 0.15) is 123 Å². The van der Waals surface area contributed by atoms with Crippen molar-refractivity contribution in [1.82, 2.24) is 4.90 Å². The van der Waals surface area contributed by atoms with E-state index in [4.69, 9.17) is 28.3 Å². The number of esters is 2. The van der Waals surface area contributed by atoms with Gasteiger partial charge in [-0.15, -0.1) is 0 Å². The molecule has 9 heteroatoms. The summed E-state index contributed by atoms with van der Waals surface area (Å²) >= 11 is 6.96. The highest BCUT2D eigenvalue weighted by Gasteiger charge is 2.46. The number of benzene rings is 1. The number of amides is 1. The summed E-state index contributed by atoms with van der Waals surface area (Å²) in [5.41, 5.74) is -1.18. The van der Waals surface area contributed by atoms with Crippen molar-refractivity contribution in [2.45, 2.75) is 128 Å². The minimum Gasteiger partial charge on any atom is -0.465 e.